The SMILES string of the molecule is CCCCC1(CCCC)c2ccc(-c3cc(N(c4ccccc4)c4ccccn4)c(F)cc3F)nc2-c2c(OC)cccc21.CCCCC1(CCCC)c2ccc(-c3cc(Nc4ccccc4)c(F)cc3F)nc2-c2c(OC)cccc21. The molecule has 0 saturated heterocycles. The topological polar surface area (TPSA) is 72.4 Å². The molecule has 9 aromatic rings. The van der Waals surface area contributed by atoms with Crippen LogP contribution in [0.25, 0.3) is 45.0 Å². The molecule has 0 fully saturated rings. The Hall–Kier alpha value is -8.31. The first-order chi connectivity index (χ1) is 40.0. The van der Waals surface area contributed by atoms with E-state index in [1.807, 2.05) is 91.0 Å². The molecule has 0 spiro atoms. The molecule has 0 unspecified atom stereocenters. The first kappa shape index (κ1) is 56.9. The minimum absolute atomic E-state index is 0.155. The number of rotatable bonds is 21. The van der Waals surface area contributed by atoms with E-state index < -0.39 is 23.3 Å². The number of benzene rings is 6. The zero-order valence-electron chi connectivity index (χ0n) is 47.8. The van der Waals surface area contributed by atoms with Gasteiger partial charge in [0.15, 0.2) is 0 Å². The van der Waals surface area contributed by atoms with Crippen LogP contribution in [-0.4, -0.2) is 29.2 Å². The molecule has 3 heterocycles. The fraction of sp³-hybridized carbons (Fsp3) is 0.282. The van der Waals surface area contributed by atoms with E-state index >= 15 is 13.2 Å². The minimum atomic E-state index is -0.688. The Morgan fingerprint density at radius 1 is 0.463 bits per heavy atom. The van der Waals surface area contributed by atoms with Crippen LogP contribution >= 0.6 is 0 Å². The smallest absolute Gasteiger partial charge is 0.150 e. The lowest BCUT2D eigenvalue weighted by Crippen LogP contribution is -2.25. The van der Waals surface area contributed by atoms with Crippen LogP contribution in [0.1, 0.15) is 127 Å². The van der Waals surface area contributed by atoms with E-state index in [0.29, 0.717) is 22.9 Å². The summed E-state index contributed by atoms with van der Waals surface area (Å²) in [5.74, 6) is -0.603. The van der Waals surface area contributed by atoms with Crippen LogP contribution in [0.5, 0.6) is 11.5 Å². The number of methoxy groups -OCH3 is 2. The van der Waals surface area contributed by atoms with Crippen molar-refractivity contribution in [1.29, 1.82) is 0 Å². The van der Waals surface area contributed by atoms with Crippen molar-refractivity contribution in [3.8, 4) is 56.5 Å². The molecule has 420 valence electrons. The zero-order valence-corrected chi connectivity index (χ0v) is 47.8. The second kappa shape index (κ2) is 25.2. The molecule has 0 amide bonds. The lowest BCUT2D eigenvalue weighted by atomic mass is 9.71. The summed E-state index contributed by atoms with van der Waals surface area (Å²) in [4.78, 5) is 16.4. The largest absolute Gasteiger partial charge is 0.496 e. The molecule has 82 heavy (non-hydrogen) atoms. The minimum Gasteiger partial charge on any atom is -0.496 e. The number of ether oxygens (including phenoxy) is 2. The van der Waals surface area contributed by atoms with Crippen LogP contribution in [0.3, 0.4) is 0 Å². The van der Waals surface area contributed by atoms with E-state index in [2.05, 4.69) is 74.4 Å². The van der Waals surface area contributed by atoms with Gasteiger partial charge in [-0.2, -0.15) is 0 Å². The summed E-state index contributed by atoms with van der Waals surface area (Å²) < 4.78 is 73.0. The van der Waals surface area contributed by atoms with E-state index in [-0.39, 0.29) is 33.3 Å². The summed E-state index contributed by atoms with van der Waals surface area (Å²) in [7, 11) is 3.36. The fourth-order valence-electron chi connectivity index (χ4n) is 12.5. The van der Waals surface area contributed by atoms with Crippen molar-refractivity contribution in [3.63, 3.8) is 0 Å². The van der Waals surface area contributed by atoms with E-state index in [9.17, 15) is 4.39 Å². The lowest BCUT2D eigenvalue weighted by Gasteiger charge is -2.32. The number of aromatic nitrogens is 3. The molecule has 6 aromatic carbocycles. The molecule has 7 nitrogen and oxygen atoms in total. The average molecular weight is 1100 g/mol. The van der Waals surface area contributed by atoms with Crippen molar-refractivity contribution in [2.75, 3.05) is 24.4 Å². The van der Waals surface area contributed by atoms with Crippen molar-refractivity contribution in [2.45, 2.75) is 116 Å². The van der Waals surface area contributed by atoms with E-state index in [4.69, 9.17) is 19.4 Å². The molecule has 1 N–H and O–H groups in total. The second-order valence-electron chi connectivity index (χ2n) is 21.5. The molecule has 11 rings (SSSR count). The maximum Gasteiger partial charge on any atom is 0.150 e. The fourth-order valence-corrected chi connectivity index (χ4v) is 12.5. The van der Waals surface area contributed by atoms with Crippen LogP contribution in [0, 0.1) is 23.3 Å². The summed E-state index contributed by atoms with van der Waals surface area (Å²) in [5.41, 5.74) is 11.3. The maximum atomic E-state index is 15.7. The monoisotopic (exact) mass is 1100 g/mol. The molecule has 0 saturated carbocycles. The van der Waals surface area contributed by atoms with Gasteiger partial charge >= 0.3 is 0 Å². The summed E-state index contributed by atoms with van der Waals surface area (Å²) in [5, 5.41) is 3.07. The van der Waals surface area contributed by atoms with Crippen molar-refractivity contribution in [2.24, 2.45) is 0 Å². The number of halogens is 4. The van der Waals surface area contributed by atoms with Gasteiger partial charge in [0.25, 0.3) is 0 Å². The van der Waals surface area contributed by atoms with Gasteiger partial charge in [0.05, 0.1) is 48.4 Å². The molecule has 2 aliphatic carbocycles. The van der Waals surface area contributed by atoms with Gasteiger partial charge in [-0.3, -0.25) is 4.90 Å². The Bertz CT molecular complexity index is 3620. The van der Waals surface area contributed by atoms with Crippen LogP contribution in [0.2, 0.25) is 0 Å². The van der Waals surface area contributed by atoms with Crippen molar-refractivity contribution >= 4 is 28.6 Å². The van der Waals surface area contributed by atoms with Gasteiger partial charge < -0.3 is 14.8 Å². The molecular weight excluding hydrogens is 1030 g/mol. The number of unbranched alkanes of at least 4 members (excludes halogenated alkanes) is 4. The number of hydrogen-bond donors (Lipinski definition) is 1. The van der Waals surface area contributed by atoms with Crippen molar-refractivity contribution < 1.29 is 27.0 Å². The van der Waals surface area contributed by atoms with E-state index in [1.54, 1.807) is 43.5 Å². The quantitative estimate of drug-likeness (QED) is 0.0719. The van der Waals surface area contributed by atoms with Crippen LogP contribution in [0.4, 0.5) is 46.1 Å². The number of nitrogens with one attached hydrogen (secondary N) is 1. The molecule has 0 atom stereocenters. The van der Waals surface area contributed by atoms with Gasteiger partial charge in [-0.05, 0) is 121 Å². The van der Waals surface area contributed by atoms with Gasteiger partial charge in [-0.25, -0.2) is 32.5 Å². The molecule has 3 aromatic heterocycles. The van der Waals surface area contributed by atoms with Gasteiger partial charge in [0, 0.05) is 62.8 Å². The van der Waals surface area contributed by atoms with E-state index in [1.165, 1.54) is 22.8 Å². The molecular formula is C71H71F4N5O2. The van der Waals surface area contributed by atoms with Crippen LogP contribution in [0.15, 0.2) is 170 Å². The Balaban J connectivity index is 0.000000186. The highest BCUT2D eigenvalue weighted by Crippen LogP contribution is 2.58. The summed E-state index contributed by atoms with van der Waals surface area (Å²) in [6, 6.07) is 49.5. The summed E-state index contributed by atoms with van der Waals surface area (Å²) in [6.45, 7) is 8.87. The Kier molecular flexibility index (Phi) is 17.5. The molecule has 0 aliphatic heterocycles. The zero-order chi connectivity index (χ0) is 57.4. The molecule has 0 bridgehead atoms. The number of hydrogen-bond acceptors (Lipinski definition) is 7. The molecule has 0 radical (unpaired) electrons. The molecule has 2 aliphatic rings. The van der Waals surface area contributed by atoms with Gasteiger partial charge in [0.2, 0.25) is 0 Å². The Morgan fingerprint density at radius 2 is 0.939 bits per heavy atom. The summed E-state index contributed by atoms with van der Waals surface area (Å²) in [6.07, 6.45) is 14.5. The second-order valence-corrected chi connectivity index (χ2v) is 21.5. The van der Waals surface area contributed by atoms with Crippen LogP contribution < -0.4 is 19.7 Å². The Labute approximate surface area is 480 Å². The van der Waals surface area contributed by atoms with E-state index in [0.717, 1.165) is 134 Å². The first-order valence-electron chi connectivity index (χ1n) is 29.0. The van der Waals surface area contributed by atoms with Crippen molar-refractivity contribution in [3.05, 3.63) is 216 Å². The Morgan fingerprint density at radius 3 is 1.41 bits per heavy atom. The first-order valence-corrected chi connectivity index (χ1v) is 29.0. The predicted octanol–water partition coefficient (Wildman–Crippen LogP) is 20.0. The third kappa shape index (κ3) is 10.9. The average Bonchev–Trinajstić information content (AvgIpc) is 3.94. The number of pyridine rings is 3. The third-order valence-electron chi connectivity index (χ3n) is 16.5. The number of fused-ring (bicyclic) bond motifs is 6. The highest BCUT2D eigenvalue weighted by molar-refractivity contribution is 5.87. The van der Waals surface area contributed by atoms with Crippen LogP contribution in [-0.2, 0) is 10.8 Å². The third-order valence-corrected chi connectivity index (χ3v) is 16.5. The van der Waals surface area contributed by atoms with Gasteiger partial charge in [-0.15, -0.1) is 0 Å². The molecule has 11 heteroatoms. The number of nitrogens with zero attached hydrogens (tertiary/aromatic N) is 4. The predicted molar refractivity (Wildman–Crippen MR) is 325 cm³/mol. The lowest BCUT2D eigenvalue weighted by molar-refractivity contribution is 0.405. The summed E-state index contributed by atoms with van der Waals surface area (Å²) >= 11 is 0. The van der Waals surface area contributed by atoms with Gasteiger partial charge in [0.1, 0.15) is 40.6 Å². The number of para-hydroxylation sites is 2. The van der Waals surface area contributed by atoms with Crippen molar-refractivity contribution in [1.82, 2.24) is 15.0 Å². The normalized spacial score (nSPS) is 13.0. The standard InChI is InChI=1S/C38H37F2N3O.C33H34F2N2O/c1-4-6-21-38(22-7-5-2)28-16-13-17-34(44-3)36(28)37-29(38)19-20-32(42-37)27-24-33(31(40)25-30(27)39)43(26-14-9-8-10-15-26)35-18-11-12-23-41-35;1-4-6-18-33(19-7-5-2)24-14-11-15-30(38-3)31(24)32-25(33)16-17-28(37-32)23-20-29(27(35)21-26(23)34)36-22-12-9-8-10-13-22/h8-20,23-25H,4-7,21-22H2,1-3H3;8-17,20-21,36H,4-7,18-19H2,1-3H3. The number of anilines is 5. The van der Waals surface area contributed by atoms with Gasteiger partial charge in [-0.1, -0.05) is 158 Å². The maximum absolute atomic E-state index is 15.7. The highest BCUT2D eigenvalue weighted by Gasteiger charge is 2.46. The highest BCUT2D eigenvalue weighted by atomic mass is 19.1.